The Morgan fingerprint density at radius 2 is 2.00 bits per heavy atom. The smallest absolute Gasteiger partial charge is 0.255 e. The summed E-state index contributed by atoms with van der Waals surface area (Å²) >= 11 is 6.83. The first-order valence-electron chi connectivity index (χ1n) is 5.63. The van der Waals surface area contributed by atoms with Gasteiger partial charge in [-0.15, -0.1) is 12.4 Å². The number of rotatable bonds is 1. The number of hydrogen-bond donors (Lipinski definition) is 1. The molecule has 1 heterocycles. The normalized spacial score (nSPS) is 15.8. The number of carbonyl (C=O) groups is 1. The van der Waals surface area contributed by atoms with Crippen LogP contribution in [-0.4, -0.2) is 37.0 Å². The summed E-state index contributed by atoms with van der Waals surface area (Å²) in [6.45, 7) is 3.47. The zero-order valence-electron chi connectivity index (χ0n) is 9.79. The molecule has 1 amide bonds. The second kappa shape index (κ2) is 7.48. The summed E-state index contributed by atoms with van der Waals surface area (Å²) in [7, 11) is 0. The second-order valence-corrected chi connectivity index (χ2v) is 5.79. The molecule has 1 aromatic rings. The Morgan fingerprint density at radius 3 is 2.72 bits per heavy atom. The molecule has 3 nitrogen and oxygen atoms in total. The van der Waals surface area contributed by atoms with Crippen molar-refractivity contribution in [2.45, 2.75) is 6.42 Å². The van der Waals surface area contributed by atoms with Gasteiger partial charge in [-0.1, -0.05) is 15.9 Å². The first-order chi connectivity index (χ1) is 8.18. The number of nitrogens with one attached hydrogen (secondary N) is 1. The van der Waals surface area contributed by atoms with Crippen LogP contribution in [0, 0.1) is 0 Å². The Labute approximate surface area is 130 Å². The highest BCUT2D eigenvalue weighted by Crippen LogP contribution is 2.23. The predicted octanol–water partition coefficient (Wildman–Crippen LogP) is 3.07. The van der Waals surface area contributed by atoms with Crippen molar-refractivity contribution in [3.63, 3.8) is 0 Å². The van der Waals surface area contributed by atoms with Crippen molar-refractivity contribution < 1.29 is 4.79 Å². The van der Waals surface area contributed by atoms with Crippen LogP contribution >= 0.6 is 44.3 Å². The molecule has 0 unspecified atom stereocenters. The number of amides is 1. The number of halogens is 3. The average molecular weight is 399 g/mol. The van der Waals surface area contributed by atoms with E-state index in [2.05, 4.69) is 37.2 Å². The molecule has 0 aromatic heterocycles. The molecule has 100 valence electrons. The molecular formula is C12H15Br2ClN2O. The molecule has 1 N–H and O–H groups in total. The van der Waals surface area contributed by atoms with E-state index in [1.807, 2.05) is 23.1 Å². The van der Waals surface area contributed by atoms with Crippen molar-refractivity contribution in [3.05, 3.63) is 32.7 Å². The summed E-state index contributed by atoms with van der Waals surface area (Å²) in [6, 6.07) is 5.66. The molecule has 0 radical (unpaired) electrons. The highest BCUT2D eigenvalue weighted by atomic mass is 79.9. The van der Waals surface area contributed by atoms with Gasteiger partial charge in [0.1, 0.15) is 0 Å². The topological polar surface area (TPSA) is 32.3 Å². The molecule has 1 aromatic carbocycles. The van der Waals surface area contributed by atoms with Crippen molar-refractivity contribution in [2.75, 3.05) is 26.2 Å². The summed E-state index contributed by atoms with van der Waals surface area (Å²) in [5, 5.41) is 3.29. The largest absolute Gasteiger partial charge is 0.337 e. The molecule has 0 spiro atoms. The lowest BCUT2D eigenvalue weighted by molar-refractivity contribution is 0.0765. The van der Waals surface area contributed by atoms with E-state index in [1.165, 1.54) is 0 Å². The van der Waals surface area contributed by atoms with E-state index >= 15 is 0 Å². The molecular weight excluding hydrogens is 383 g/mol. The Balaban J connectivity index is 0.00000162. The van der Waals surface area contributed by atoms with E-state index in [0.717, 1.165) is 47.1 Å². The molecule has 1 saturated heterocycles. The predicted molar refractivity (Wildman–Crippen MR) is 82.5 cm³/mol. The highest BCUT2D eigenvalue weighted by Gasteiger charge is 2.19. The van der Waals surface area contributed by atoms with Gasteiger partial charge in [-0.05, 0) is 47.1 Å². The molecule has 0 saturated carbocycles. The maximum Gasteiger partial charge on any atom is 0.255 e. The van der Waals surface area contributed by atoms with Crippen LogP contribution in [0.15, 0.2) is 27.1 Å². The molecule has 1 aliphatic heterocycles. The fourth-order valence-electron chi connectivity index (χ4n) is 1.88. The summed E-state index contributed by atoms with van der Waals surface area (Å²) in [6.07, 6.45) is 1.01. The van der Waals surface area contributed by atoms with Gasteiger partial charge < -0.3 is 10.2 Å². The van der Waals surface area contributed by atoms with E-state index in [4.69, 9.17) is 0 Å². The number of hydrogen-bond acceptors (Lipinski definition) is 2. The fraction of sp³-hybridized carbons (Fsp3) is 0.417. The van der Waals surface area contributed by atoms with E-state index in [0.29, 0.717) is 0 Å². The molecule has 1 fully saturated rings. The first-order valence-corrected chi connectivity index (χ1v) is 7.22. The van der Waals surface area contributed by atoms with Crippen LogP contribution in [0.25, 0.3) is 0 Å². The van der Waals surface area contributed by atoms with Gasteiger partial charge in [0.2, 0.25) is 0 Å². The van der Waals surface area contributed by atoms with Crippen molar-refractivity contribution in [1.82, 2.24) is 10.2 Å². The van der Waals surface area contributed by atoms with Crippen molar-refractivity contribution in [1.29, 1.82) is 0 Å². The van der Waals surface area contributed by atoms with Gasteiger partial charge >= 0.3 is 0 Å². The lowest BCUT2D eigenvalue weighted by atomic mass is 10.2. The van der Waals surface area contributed by atoms with Gasteiger partial charge in [-0.3, -0.25) is 4.79 Å². The molecule has 18 heavy (non-hydrogen) atoms. The van der Waals surface area contributed by atoms with Crippen molar-refractivity contribution >= 4 is 50.2 Å². The van der Waals surface area contributed by atoms with Crippen LogP contribution in [0.4, 0.5) is 0 Å². The van der Waals surface area contributed by atoms with E-state index < -0.39 is 0 Å². The van der Waals surface area contributed by atoms with Gasteiger partial charge in [0.25, 0.3) is 5.91 Å². The fourth-order valence-corrected chi connectivity index (χ4v) is 3.10. The summed E-state index contributed by atoms with van der Waals surface area (Å²) in [4.78, 5) is 14.2. The standard InChI is InChI=1S/C12H14Br2N2O.ClH/c13-9-2-3-10(11(14)8-9)12(17)16-6-1-4-15-5-7-16;/h2-3,8,15H,1,4-7H2;1H. The zero-order chi connectivity index (χ0) is 12.3. The van der Waals surface area contributed by atoms with E-state index in [-0.39, 0.29) is 18.3 Å². The van der Waals surface area contributed by atoms with Crippen LogP contribution in [0.2, 0.25) is 0 Å². The van der Waals surface area contributed by atoms with Gasteiger partial charge in [0.15, 0.2) is 0 Å². The maximum atomic E-state index is 12.3. The lowest BCUT2D eigenvalue weighted by Gasteiger charge is -2.20. The van der Waals surface area contributed by atoms with Gasteiger partial charge in [-0.25, -0.2) is 0 Å². The number of nitrogens with zero attached hydrogens (tertiary/aromatic N) is 1. The van der Waals surface area contributed by atoms with Gasteiger partial charge in [-0.2, -0.15) is 0 Å². The SMILES string of the molecule is Cl.O=C(c1ccc(Br)cc1Br)N1CCCNCC1. The zero-order valence-corrected chi connectivity index (χ0v) is 13.8. The van der Waals surface area contributed by atoms with Crippen LogP contribution < -0.4 is 5.32 Å². The molecule has 0 atom stereocenters. The van der Waals surface area contributed by atoms with E-state index in [1.54, 1.807) is 0 Å². The minimum Gasteiger partial charge on any atom is -0.337 e. The Bertz CT molecular complexity index is 421. The average Bonchev–Trinajstić information content (AvgIpc) is 2.56. The van der Waals surface area contributed by atoms with Gasteiger partial charge in [0, 0.05) is 28.6 Å². The number of carbonyl (C=O) groups excluding carboxylic acids is 1. The molecule has 1 aliphatic rings. The summed E-state index contributed by atoms with van der Waals surface area (Å²) in [5.74, 6) is 0.105. The maximum absolute atomic E-state index is 12.3. The molecule has 6 heteroatoms. The lowest BCUT2D eigenvalue weighted by Crippen LogP contribution is -2.34. The van der Waals surface area contributed by atoms with E-state index in [9.17, 15) is 4.79 Å². The quantitative estimate of drug-likeness (QED) is 0.789. The van der Waals surface area contributed by atoms with Crippen LogP contribution in [0.1, 0.15) is 16.8 Å². The second-order valence-electron chi connectivity index (χ2n) is 4.02. The first kappa shape index (κ1) is 16.0. The van der Waals surface area contributed by atoms with Gasteiger partial charge in [0.05, 0.1) is 5.56 Å². The monoisotopic (exact) mass is 396 g/mol. The highest BCUT2D eigenvalue weighted by molar-refractivity contribution is 9.11. The van der Waals surface area contributed by atoms with Crippen LogP contribution in [-0.2, 0) is 0 Å². The molecule has 2 rings (SSSR count). The third-order valence-corrected chi connectivity index (χ3v) is 3.94. The Morgan fingerprint density at radius 1 is 1.22 bits per heavy atom. The van der Waals surface area contributed by atoms with Crippen LogP contribution in [0.3, 0.4) is 0 Å². The third-order valence-electron chi connectivity index (χ3n) is 2.79. The Kier molecular flexibility index (Phi) is 6.63. The third kappa shape index (κ3) is 3.95. The molecule has 0 aliphatic carbocycles. The Hall–Kier alpha value is -0.100. The van der Waals surface area contributed by atoms with Crippen molar-refractivity contribution in [3.8, 4) is 0 Å². The van der Waals surface area contributed by atoms with Crippen LogP contribution in [0.5, 0.6) is 0 Å². The summed E-state index contributed by atoms with van der Waals surface area (Å²) in [5.41, 5.74) is 0.732. The summed E-state index contributed by atoms with van der Waals surface area (Å²) < 4.78 is 1.81. The minimum absolute atomic E-state index is 0. The molecule has 0 bridgehead atoms. The van der Waals surface area contributed by atoms with Crippen molar-refractivity contribution in [2.24, 2.45) is 0 Å². The number of benzene rings is 1. The minimum atomic E-state index is 0.